The van der Waals surface area contributed by atoms with Gasteiger partial charge >= 0.3 is 17.6 Å². The minimum absolute atomic E-state index is 0.0406. The minimum Gasteiger partial charge on any atom is -0.497 e. The first kappa shape index (κ1) is 27.8. The predicted octanol–water partition coefficient (Wildman–Crippen LogP) is 3.07. The van der Waals surface area contributed by atoms with Gasteiger partial charge in [-0.3, -0.25) is 19.0 Å². The van der Waals surface area contributed by atoms with Crippen molar-refractivity contribution in [2.45, 2.75) is 37.1 Å². The molecule has 1 N–H and O–H groups in total. The van der Waals surface area contributed by atoms with Gasteiger partial charge in [-0.2, -0.15) is 4.98 Å². The molecule has 2 aromatic rings. The Kier molecular flexibility index (Phi) is 9.62. The summed E-state index contributed by atoms with van der Waals surface area (Å²) in [6, 6.07) is 6.44. The largest absolute Gasteiger partial charge is 0.497 e. The van der Waals surface area contributed by atoms with Crippen molar-refractivity contribution in [2.75, 3.05) is 19.0 Å². The molecule has 1 fully saturated rings. The van der Waals surface area contributed by atoms with Crippen molar-refractivity contribution in [1.29, 1.82) is 0 Å². The van der Waals surface area contributed by atoms with Gasteiger partial charge in [-0.1, -0.05) is 38.5 Å². The summed E-state index contributed by atoms with van der Waals surface area (Å²) in [7, 11) is 1.52. The molecular weight excluding hydrogens is 653 g/mol. The van der Waals surface area contributed by atoms with Crippen LogP contribution in [0.5, 0.6) is 5.75 Å². The second kappa shape index (κ2) is 12.5. The van der Waals surface area contributed by atoms with Crippen LogP contribution in [0.1, 0.15) is 36.0 Å². The van der Waals surface area contributed by atoms with Crippen LogP contribution in [0.3, 0.4) is 0 Å². The molecule has 1 aromatic carbocycles. The average molecular weight is 676 g/mol. The first-order valence-corrected chi connectivity index (χ1v) is 12.8. The molecule has 1 saturated heterocycles. The molecule has 13 heteroatoms. The van der Waals surface area contributed by atoms with Crippen molar-refractivity contribution < 1.29 is 33.3 Å². The standard InChI is InChI=1S/C23H23BrIN3O8/c1-12(29)34-11-17-18(24)19(35-13(2)30)22(36-17)28-10-15(8-9-25)20(27-23(28)32)26-21(31)14-4-6-16(33-3)7-5-14/h4-10,17-19,22H,11H2,1-3H3,(H,26,27,31,32)/b9-8+/t17-,18+,19-,22-/m1/s1. The number of rotatable bonds is 8. The molecule has 3 rings (SSSR count). The van der Waals surface area contributed by atoms with E-state index in [2.05, 4.69) is 26.2 Å². The third-order valence-corrected chi connectivity index (χ3v) is 6.57. The number of hydrogen-bond donors (Lipinski definition) is 1. The van der Waals surface area contributed by atoms with Gasteiger partial charge in [-0.15, -0.1) is 0 Å². The zero-order valence-electron chi connectivity index (χ0n) is 19.5. The number of alkyl halides is 1. The van der Waals surface area contributed by atoms with E-state index in [1.54, 1.807) is 34.4 Å². The van der Waals surface area contributed by atoms with Gasteiger partial charge in [0.2, 0.25) is 0 Å². The van der Waals surface area contributed by atoms with E-state index >= 15 is 0 Å². The number of hydrogen-bond acceptors (Lipinski definition) is 9. The monoisotopic (exact) mass is 675 g/mol. The van der Waals surface area contributed by atoms with Crippen LogP contribution in [0.15, 0.2) is 39.3 Å². The van der Waals surface area contributed by atoms with Gasteiger partial charge in [0.25, 0.3) is 5.91 Å². The zero-order valence-corrected chi connectivity index (χ0v) is 23.2. The fraction of sp³-hybridized carbons (Fsp3) is 0.348. The number of amides is 1. The van der Waals surface area contributed by atoms with Crippen LogP contribution in [-0.4, -0.2) is 58.1 Å². The highest BCUT2D eigenvalue weighted by Crippen LogP contribution is 2.36. The quantitative estimate of drug-likeness (QED) is 0.255. The number of methoxy groups -OCH3 is 1. The van der Waals surface area contributed by atoms with E-state index in [0.717, 1.165) is 0 Å². The fourth-order valence-corrected chi connectivity index (χ4v) is 4.48. The molecule has 0 saturated carbocycles. The van der Waals surface area contributed by atoms with E-state index in [9.17, 15) is 19.2 Å². The van der Waals surface area contributed by atoms with E-state index < -0.39 is 46.8 Å². The molecule has 0 unspecified atom stereocenters. The first-order chi connectivity index (χ1) is 17.1. The van der Waals surface area contributed by atoms with E-state index in [4.69, 9.17) is 18.9 Å². The Labute approximate surface area is 228 Å². The van der Waals surface area contributed by atoms with Crippen LogP contribution in [-0.2, 0) is 23.8 Å². The van der Waals surface area contributed by atoms with Crippen molar-refractivity contribution in [1.82, 2.24) is 9.55 Å². The zero-order chi connectivity index (χ0) is 26.4. The number of esters is 2. The Morgan fingerprint density at radius 2 is 1.92 bits per heavy atom. The summed E-state index contributed by atoms with van der Waals surface area (Å²) in [6.45, 7) is 2.38. The Morgan fingerprint density at radius 3 is 2.50 bits per heavy atom. The third-order valence-electron chi connectivity index (χ3n) is 5.10. The highest BCUT2D eigenvalue weighted by atomic mass is 127. The molecule has 1 aliphatic heterocycles. The molecule has 0 spiro atoms. The number of aromatic nitrogens is 2. The highest BCUT2D eigenvalue weighted by molar-refractivity contribution is 14.1. The molecule has 2 heterocycles. The Balaban J connectivity index is 1.94. The van der Waals surface area contributed by atoms with Gasteiger partial charge in [-0.05, 0) is 34.4 Å². The molecule has 0 bridgehead atoms. The summed E-state index contributed by atoms with van der Waals surface area (Å²) in [5.41, 5.74) is 0.00176. The smallest absolute Gasteiger partial charge is 0.351 e. The third kappa shape index (κ3) is 6.70. The van der Waals surface area contributed by atoms with Gasteiger partial charge in [-0.25, -0.2) is 4.79 Å². The van der Waals surface area contributed by atoms with Gasteiger partial charge in [0.1, 0.15) is 24.3 Å². The predicted molar refractivity (Wildman–Crippen MR) is 141 cm³/mol. The summed E-state index contributed by atoms with van der Waals surface area (Å²) in [5.74, 6) is -0.919. The average Bonchev–Trinajstić information content (AvgIpc) is 3.13. The summed E-state index contributed by atoms with van der Waals surface area (Å²) >= 11 is 5.43. The van der Waals surface area contributed by atoms with E-state index in [1.807, 2.05) is 22.6 Å². The van der Waals surface area contributed by atoms with Crippen LogP contribution in [0.2, 0.25) is 0 Å². The van der Waals surface area contributed by atoms with Crippen LogP contribution < -0.4 is 15.7 Å². The lowest BCUT2D eigenvalue weighted by Crippen LogP contribution is -2.37. The summed E-state index contributed by atoms with van der Waals surface area (Å²) in [4.78, 5) is 52.3. The number of anilines is 1. The number of ether oxygens (including phenoxy) is 4. The Hall–Kier alpha value is -2.78. The SMILES string of the molecule is COc1ccc(C(=O)Nc2nc(=O)n([C@@H]3O[C@H](COC(C)=O)[C@H](Br)[C@H]3OC(C)=O)cc2/C=C/I)cc1. The maximum atomic E-state index is 13.0. The molecule has 1 aromatic heterocycles. The van der Waals surface area contributed by atoms with E-state index in [-0.39, 0.29) is 12.4 Å². The number of halogens is 2. The van der Waals surface area contributed by atoms with Crippen LogP contribution >= 0.6 is 38.5 Å². The lowest BCUT2D eigenvalue weighted by Gasteiger charge is -2.22. The molecule has 0 radical (unpaired) electrons. The molecule has 192 valence electrons. The van der Waals surface area contributed by atoms with Gasteiger partial charge in [0, 0.05) is 31.2 Å². The van der Waals surface area contributed by atoms with Crippen LogP contribution in [0.4, 0.5) is 5.82 Å². The number of benzene rings is 1. The number of nitrogens with one attached hydrogen (secondary N) is 1. The highest BCUT2D eigenvalue weighted by Gasteiger charge is 2.47. The molecule has 0 aliphatic carbocycles. The van der Waals surface area contributed by atoms with Gasteiger partial charge in [0.05, 0.1) is 11.9 Å². The van der Waals surface area contributed by atoms with Crippen LogP contribution in [0, 0.1) is 0 Å². The number of carbonyl (C=O) groups is 3. The number of nitrogens with zero attached hydrogens (tertiary/aromatic N) is 2. The van der Waals surface area contributed by atoms with E-state index in [1.165, 1.54) is 31.7 Å². The Bertz CT molecular complexity index is 1220. The topological polar surface area (TPSA) is 135 Å². The normalized spacial score (nSPS) is 21.2. The second-order valence-corrected chi connectivity index (χ2v) is 9.37. The van der Waals surface area contributed by atoms with Gasteiger partial charge < -0.3 is 24.3 Å². The molecule has 4 atom stereocenters. The molecule has 1 amide bonds. The molecular formula is C23H23BrIN3O8. The summed E-state index contributed by atoms with van der Waals surface area (Å²) in [5, 5.41) is 2.65. The van der Waals surface area contributed by atoms with Crippen LogP contribution in [0.25, 0.3) is 6.08 Å². The molecule has 1 aliphatic rings. The molecule has 36 heavy (non-hydrogen) atoms. The summed E-state index contributed by atoms with van der Waals surface area (Å²) < 4.78 is 24.4. The van der Waals surface area contributed by atoms with Crippen molar-refractivity contribution in [2.24, 2.45) is 0 Å². The van der Waals surface area contributed by atoms with Crippen molar-refractivity contribution >= 4 is 68.3 Å². The lowest BCUT2D eigenvalue weighted by molar-refractivity contribution is -0.153. The maximum absolute atomic E-state index is 13.0. The Morgan fingerprint density at radius 1 is 1.22 bits per heavy atom. The number of carbonyl (C=O) groups excluding carboxylic acids is 3. The lowest BCUT2D eigenvalue weighted by atomic mass is 10.2. The summed E-state index contributed by atoms with van der Waals surface area (Å²) in [6.07, 6.45) is 0.409. The van der Waals surface area contributed by atoms with Crippen molar-refractivity contribution in [3.05, 3.63) is 56.2 Å². The van der Waals surface area contributed by atoms with Crippen molar-refractivity contribution in [3.63, 3.8) is 0 Å². The fourth-order valence-electron chi connectivity index (χ4n) is 3.45. The minimum atomic E-state index is -1.06. The second-order valence-electron chi connectivity index (χ2n) is 7.60. The first-order valence-electron chi connectivity index (χ1n) is 10.6. The van der Waals surface area contributed by atoms with Crippen molar-refractivity contribution in [3.8, 4) is 5.75 Å². The van der Waals surface area contributed by atoms with E-state index in [0.29, 0.717) is 16.9 Å². The maximum Gasteiger partial charge on any atom is 0.351 e. The van der Waals surface area contributed by atoms with Gasteiger partial charge in [0.15, 0.2) is 12.3 Å². The molecule has 11 nitrogen and oxygen atoms in total.